The molecule has 1 aromatic carbocycles. The van der Waals surface area contributed by atoms with Gasteiger partial charge in [0.15, 0.2) is 6.04 Å². The summed E-state index contributed by atoms with van der Waals surface area (Å²) in [5, 5.41) is 3.62. The quantitative estimate of drug-likeness (QED) is 0.883. The van der Waals surface area contributed by atoms with Crippen LogP contribution in [0.15, 0.2) is 24.3 Å². The Hall–Kier alpha value is -1.06. The lowest BCUT2D eigenvalue weighted by Gasteiger charge is -2.26. The van der Waals surface area contributed by atoms with Crippen molar-refractivity contribution >= 4 is 23.2 Å². The van der Waals surface area contributed by atoms with Gasteiger partial charge in [0.2, 0.25) is 0 Å². The summed E-state index contributed by atoms with van der Waals surface area (Å²) >= 11 is 5.94. The first-order valence-electron chi connectivity index (χ1n) is 7.58. The Bertz CT molecular complexity index is 442. The number of nitrogens with one attached hydrogen (secondary N) is 2. The lowest BCUT2D eigenvalue weighted by molar-refractivity contribution is -0.914. The van der Waals surface area contributed by atoms with Gasteiger partial charge in [0, 0.05) is 10.7 Å². The van der Waals surface area contributed by atoms with Gasteiger partial charge in [0.05, 0.1) is 13.1 Å². The molecule has 2 N–H and O–H groups in total. The maximum absolute atomic E-state index is 12.3. The number of likely N-dealkylation sites (tertiary alicyclic amines) is 1. The van der Waals surface area contributed by atoms with E-state index in [0.717, 1.165) is 18.8 Å². The zero-order valence-electron chi connectivity index (χ0n) is 12.1. The second-order valence-electron chi connectivity index (χ2n) is 5.65. The summed E-state index contributed by atoms with van der Waals surface area (Å²) in [5.41, 5.74) is 0.779. The van der Waals surface area contributed by atoms with Crippen molar-refractivity contribution in [1.82, 2.24) is 0 Å². The maximum atomic E-state index is 12.3. The highest BCUT2D eigenvalue weighted by Crippen LogP contribution is 2.14. The SMILES string of the molecule is C[C@H](C(=O)Nc1cccc(Cl)c1)[NH+]1CCCCCCC1. The first-order valence-corrected chi connectivity index (χ1v) is 7.95. The van der Waals surface area contributed by atoms with Crippen LogP contribution in [-0.2, 0) is 4.79 Å². The smallest absolute Gasteiger partial charge is 0.282 e. The molecular weight excluding hydrogens is 272 g/mol. The highest BCUT2D eigenvalue weighted by atomic mass is 35.5. The molecule has 1 aromatic rings. The highest BCUT2D eigenvalue weighted by Gasteiger charge is 2.25. The van der Waals surface area contributed by atoms with E-state index in [4.69, 9.17) is 11.6 Å². The monoisotopic (exact) mass is 295 g/mol. The third kappa shape index (κ3) is 4.50. The molecular formula is C16H24ClN2O+. The van der Waals surface area contributed by atoms with Crippen molar-refractivity contribution in [2.45, 2.75) is 45.1 Å². The fraction of sp³-hybridized carbons (Fsp3) is 0.562. The number of hydrogen-bond donors (Lipinski definition) is 2. The summed E-state index contributed by atoms with van der Waals surface area (Å²) in [6.45, 7) is 4.23. The lowest BCUT2D eigenvalue weighted by atomic mass is 10.1. The number of benzene rings is 1. The third-order valence-electron chi connectivity index (χ3n) is 4.09. The van der Waals surface area contributed by atoms with Gasteiger partial charge in [0.25, 0.3) is 5.91 Å². The minimum atomic E-state index is -0.00733. The molecule has 0 aromatic heterocycles. The van der Waals surface area contributed by atoms with Gasteiger partial charge in [-0.25, -0.2) is 0 Å². The maximum Gasteiger partial charge on any atom is 0.282 e. The van der Waals surface area contributed by atoms with E-state index in [9.17, 15) is 4.79 Å². The van der Waals surface area contributed by atoms with E-state index in [0.29, 0.717) is 5.02 Å². The van der Waals surface area contributed by atoms with Crippen LogP contribution in [0.2, 0.25) is 5.02 Å². The predicted molar refractivity (Wildman–Crippen MR) is 83.3 cm³/mol. The van der Waals surface area contributed by atoms with Gasteiger partial charge in [-0.15, -0.1) is 0 Å². The first-order chi connectivity index (χ1) is 9.66. The largest absolute Gasteiger partial charge is 0.325 e. The molecule has 0 radical (unpaired) electrons. The van der Waals surface area contributed by atoms with E-state index in [-0.39, 0.29) is 11.9 Å². The van der Waals surface area contributed by atoms with Crippen molar-refractivity contribution in [2.75, 3.05) is 18.4 Å². The van der Waals surface area contributed by atoms with Crippen LogP contribution in [0.4, 0.5) is 5.69 Å². The van der Waals surface area contributed by atoms with Crippen molar-refractivity contribution in [3.8, 4) is 0 Å². The standard InChI is InChI=1S/C16H23ClN2O/c1-13(19-10-5-3-2-4-6-11-19)16(20)18-15-9-7-8-14(17)12-15/h7-9,12-13H,2-6,10-11H2,1H3,(H,18,20)/p+1/t13-/m1/s1. The zero-order chi connectivity index (χ0) is 14.4. The number of halogens is 1. The van der Waals surface area contributed by atoms with Gasteiger partial charge in [-0.3, -0.25) is 4.79 Å². The van der Waals surface area contributed by atoms with Crippen LogP contribution >= 0.6 is 11.6 Å². The summed E-state index contributed by atoms with van der Waals surface area (Å²) in [6, 6.07) is 7.32. The van der Waals surface area contributed by atoms with E-state index < -0.39 is 0 Å². The van der Waals surface area contributed by atoms with E-state index in [1.165, 1.54) is 37.0 Å². The van der Waals surface area contributed by atoms with E-state index in [1.807, 2.05) is 25.1 Å². The number of rotatable bonds is 3. The summed E-state index contributed by atoms with van der Waals surface area (Å²) in [7, 11) is 0. The van der Waals surface area contributed by atoms with Crippen molar-refractivity contribution < 1.29 is 9.69 Å². The van der Waals surface area contributed by atoms with Gasteiger partial charge < -0.3 is 10.2 Å². The Morgan fingerprint density at radius 2 is 1.85 bits per heavy atom. The molecule has 3 nitrogen and oxygen atoms in total. The summed E-state index contributed by atoms with van der Waals surface area (Å²) in [5.74, 6) is 0.0860. The molecule has 1 atom stereocenters. The van der Waals surface area contributed by atoms with Crippen LogP contribution in [0.1, 0.15) is 39.0 Å². The normalized spacial score (nSPS) is 18.9. The average Bonchev–Trinajstić information content (AvgIpc) is 2.37. The zero-order valence-corrected chi connectivity index (χ0v) is 12.9. The van der Waals surface area contributed by atoms with Crippen LogP contribution in [0.3, 0.4) is 0 Å². The first kappa shape index (κ1) is 15.3. The predicted octanol–water partition coefficient (Wildman–Crippen LogP) is 2.52. The molecule has 1 amide bonds. The lowest BCUT2D eigenvalue weighted by Crippen LogP contribution is -3.16. The van der Waals surface area contributed by atoms with Crippen LogP contribution in [0.25, 0.3) is 0 Å². The van der Waals surface area contributed by atoms with Gasteiger partial charge in [-0.2, -0.15) is 0 Å². The van der Waals surface area contributed by atoms with Crippen LogP contribution in [-0.4, -0.2) is 25.0 Å². The minimum Gasteiger partial charge on any atom is -0.325 e. The Morgan fingerprint density at radius 1 is 1.20 bits per heavy atom. The van der Waals surface area contributed by atoms with Gasteiger partial charge >= 0.3 is 0 Å². The number of carbonyl (C=O) groups is 1. The van der Waals surface area contributed by atoms with Crippen molar-refractivity contribution in [3.05, 3.63) is 29.3 Å². The van der Waals surface area contributed by atoms with E-state index >= 15 is 0 Å². The number of hydrogen-bond acceptors (Lipinski definition) is 1. The van der Waals surface area contributed by atoms with Crippen molar-refractivity contribution in [1.29, 1.82) is 0 Å². The molecule has 1 heterocycles. The fourth-order valence-electron chi connectivity index (χ4n) is 2.79. The molecule has 1 saturated heterocycles. The molecule has 0 unspecified atom stereocenters. The van der Waals surface area contributed by atoms with Gasteiger partial charge in [0.1, 0.15) is 0 Å². The second kappa shape index (κ2) is 7.65. The number of carbonyl (C=O) groups excluding carboxylic acids is 1. The van der Waals surface area contributed by atoms with Crippen LogP contribution < -0.4 is 10.2 Å². The summed E-state index contributed by atoms with van der Waals surface area (Å²) < 4.78 is 0. The summed E-state index contributed by atoms with van der Waals surface area (Å²) in [6.07, 6.45) is 6.39. The minimum absolute atomic E-state index is 0.00733. The fourth-order valence-corrected chi connectivity index (χ4v) is 2.98. The molecule has 0 aliphatic carbocycles. The topological polar surface area (TPSA) is 33.5 Å². The number of amides is 1. The molecule has 0 spiro atoms. The Kier molecular flexibility index (Phi) is 5.86. The second-order valence-corrected chi connectivity index (χ2v) is 6.08. The van der Waals surface area contributed by atoms with Crippen LogP contribution in [0.5, 0.6) is 0 Å². The molecule has 2 rings (SSSR count). The Morgan fingerprint density at radius 3 is 2.50 bits per heavy atom. The Labute approximate surface area is 126 Å². The molecule has 110 valence electrons. The van der Waals surface area contributed by atoms with E-state index in [1.54, 1.807) is 6.07 Å². The number of quaternary nitrogens is 1. The molecule has 1 fully saturated rings. The Balaban J connectivity index is 1.93. The summed E-state index contributed by atoms with van der Waals surface area (Å²) in [4.78, 5) is 13.8. The molecule has 0 saturated carbocycles. The molecule has 4 heteroatoms. The number of anilines is 1. The highest BCUT2D eigenvalue weighted by molar-refractivity contribution is 6.30. The van der Waals surface area contributed by atoms with Gasteiger partial charge in [-0.1, -0.05) is 24.1 Å². The average molecular weight is 296 g/mol. The van der Waals surface area contributed by atoms with E-state index in [2.05, 4.69) is 5.32 Å². The molecule has 1 aliphatic heterocycles. The molecule has 0 bridgehead atoms. The van der Waals surface area contributed by atoms with Gasteiger partial charge in [-0.05, 0) is 50.8 Å². The molecule has 1 aliphatic rings. The van der Waals surface area contributed by atoms with Crippen LogP contribution in [0, 0.1) is 0 Å². The third-order valence-corrected chi connectivity index (χ3v) is 4.33. The van der Waals surface area contributed by atoms with Crippen molar-refractivity contribution in [2.24, 2.45) is 0 Å². The molecule has 20 heavy (non-hydrogen) atoms. The van der Waals surface area contributed by atoms with Crippen molar-refractivity contribution in [3.63, 3.8) is 0 Å².